The Morgan fingerprint density at radius 2 is 1.55 bits per heavy atom. The zero-order valence-electron chi connectivity index (χ0n) is 17.6. The lowest BCUT2D eigenvalue weighted by atomic mass is 10.1. The highest BCUT2D eigenvalue weighted by Gasteiger charge is 2.37. The molecule has 0 spiro atoms. The van der Waals surface area contributed by atoms with Crippen molar-refractivity contribution in [2.75, 3.05) is 32.7 Å². The Morgan fingerprint density at radius 3 is 2.18 bits per heavy atom. The largest absolute Gasteiger partial charge is 0.339 e. The first-order valence-corrected chi connectivity index (χ1v) is 10.9. The number of amides is 3. The van der Waals surface area contributed by atoms with Crippen molar-refractivity contribution in [3.05, 3.63) is 70.5 Å². The molecule has 3 aromatic rings. The van der Waals surface area contributed by atoms with Gasteiger partial charge in [-0.1, -0.05) is 23.7 Å². The van der Waals surface area contributed by atoms with Gasteiger partial charge < -0.3 is 4.90 Å². The van der Waals surface area contributed by atoms with Crippen LogP contribution >= 0.6 is 11.6 Å². The fraction of sp³-hybridized carbons (Fsp3) is 0.273. The van der Waals surface area contributed by atoms with Gasteiger partial charge in [0.15, 0.2) is 5.82 Å². The summed E-state index contributed by atoms with van der Waals surface area (Å²) in [5, 5.41) is 12.6. The van der Waals surface area contributed by atoms with Crippen molar-refractivity contribution in [2.24, 2.45) is 0 Å². The van der Waals surface area contributed by atoms with Crippen LogP contribution in [0.25, 0.3) is 5.69 Å². The minimum absolute atomic E-state index is 0.241. The zero-order valence-corrected chi connectivity index (χ0v) is 18.4. The van der Waals surface area contributed by atoms with Crippen LogP contribution in [0, 0.1) is 0 Å². The number of halogens is 1. The van der Waals surface area contributed by atoms with Crippen LogP contribution in [0.2, 0.25) is 5.02 Å². The Labute approximate surface area is 194 Å². The molecule has 2 aliphatic rings. The lowest BCUT2D eigenvalue weighted by molar-refractivity contribution is -0.133. The number of imide groups is 1. The average molecular weight is 466 g/mol. The molecule has 0 unspecified atom stereocenters. The number of aromatic nitrogens is 4. The molecule has 3 heterocycles. The molecule has 5 rings (SSSR count). The van der Waals surface area contributed by atoms with Crippen molar-refractivity contribution in [1.29, 1.82) is 0 Å². The third kappa shape index (κ3) is 4.10. The molecule has 10 nitrogen and oxygen atoms in total. The topological polar surface area (TPSA) is 105 Å². The second kappa shape index (κ2) is 8.72. The monoisotopic (exact) mass is 465 g/mol. The first kappa shape index (κ1) is 21.2. The van der Waals surface area contributed by atoms with Crippen LogP contribution in [0.4, 0.5) is 0 Å². The summed E-state index contributed by atoms with van der Waals surface area (Å²) in [5.74, 6) is -0.397. The predicted molar refractivity (Wildman–Crippen MR) is 118 cm³/mol. The van der Waals surface area contributed by atoms with E-state index in [9.17, 15) is 14.4 Å². The molecule has 0 N–H and O–H groups in total. The summed E-state index contributed by atoms with van der Waals surface area (Å²) in [4.78, 5) is 42.7. The van der Waals surface area contributed by atoms with Gasteiger partial charge in [0.1, 0.15) is 6.54 Å². The summed E-state index contributed by atoms with van der Waals surface area (Å²) < 4.78 is 1.66. The Kier molecular flexibility index (Phi) is 5.61. The smallest absolute Gasteiger partial charge is 0.262 e. The van der Waals surface area contributed by atoms with Crippen LogP contribution in [-0.4, -0.2) is 85.4 Å². The van der Waals surface area contributed by atoms with E-state index in [2.05, 4.69) is 20.4 Å². The first-order valence-electron chi connectivity index (χ1n) is 10.5. The van der Waals surface area contributed by atoms with Crippen LogP contribution in [0.15, 0.2) is 48.5 Å². The summed E-state index contributed by atoms with van der Waals surface area (Å²) in [6, 6.07) is 13.9. The highest BCUT2D eigenvalue weighted by atomic mass is 35.5. The summed E-state index contributed by atoms with van der Waals surface area (Å²) >= 11 is 5.96. The number of tetrazole rings is 1. The number of hydrogen-bond donors (Lipinski definition) is 0. The molecule has 1 fully saturated rings. The van der Waals surface area contributed by atoms with E-state index < -0.39 is 11.8 Å². The number of piperazine rings is 1. The van der Waals surface area contributed by atoms with E-state index in [4.69, 9.17) is 11.6 Å². The standard InChI is InChI=1S/C22H20ClN7O3/c23-15-5-7-16(8-6-15)30-19(24-25-26-30)13-27-9-11-28(12-10-27)20(31)14-29-21(32)17-3-1-2-4-18(17)22(29)33/h1-8H,9-14H2. The minimum Gasteiger partial charge on any atom is -0.339 e. The zero-order chi connectivity index (χ0) is 22.9. The Balaban J connectivity index is 1.17. The number of carbonyl (C=O) groups is 3. The highest BCUT2D eigenvalue weighted by Crippen LogP contribution is 2.22. The number of benzene rings is 2. The Bertz CT molecular complexity index is 1180. The molecule has 1 saturated heterocycles. The lowest BCUT2D eigenvalue weighted by Crippen LogP contribution is -2.51. The molecule has 2 aliphatic heterocycles. The molecule has 0 bridgehead atoms. The van der Waals surface area contributed by atoms with Crippen molar-refractivity contribution in [2.45, 2.75) is 6.54 Å². The SMILES string of the molecule is O=C(CN1C(=O)c2ccccc2C1=O)N1CCN(Cc2nnnn2-c2ccc(Cl)cc2)CC1. The fourth-order valence-corrected chi connectivity index (χ4v) is 4.19. The maximum atomic E-state index is 12.8. The van der Waals surface area contributed by atoms with Crippen LogP contribution in [0.5, 0.6) is 0 Å². The summed E-state index contributed by atoms with van der Waals surface area (Å²) in [7, 11) is 0. The summed E-state index contributed by atoms with van der Waals surface area (Å²) in [5.41, 5.74) is 1.51. The number of nitrogens with zero attached hydrogens (tertiary/aromatic N) is 7. The van der Waals surface area contributed by atoms with E-state index in [-0.39, 0.29) is 12.5 Å². The molecule has 11 heteroatoms. The molecule has 0 radical (unpaired) electrons. The highest BCUT2D eigenvalue weighted by molar-refractivity contribution is 6.30. The average Bonchev–Trinajstić information content (AvgIpc) is 3.39. The van der Waals surface area contributed by atoms with Gasteiger partial charge >= 0.3 is 0 Å². The molecule has 0 saturated carbocycles. The van der Waals surface area contributed by atoms with Gasteiger partial charge in [-0.15, -0.1) is 5.10 Å². The van der Waals surface area contributed by atoms with Crippen molar-refractivity contribution in [3.8, 4) is 5.69 Å². The predicted octanol–water partition coefficient (Wildman–Crippen LogP) is 1.26. The van der Waals surface area contributed by atoms with E-state index >= 15 is 0 Å². The van der Waals surface area contributed by atoms with Gasteiger partial charge in [0.25, 0.3) is 11.8 Å². The van der Waals surface area contributed by atoms with E-state index in [0.717, 1.165) is 10.6 Å². The Morgan fingerprint density at radius 1 is 0.909 bits per heavy atom. The summed E-state index contributed by atoms with van der Waals surface area (Å²) in [6.07, 6.45) is 0. The van der Waals surface area contributed by atoms with Crippen LogP contribution in [-0.2, 0) is 11.3 Å². The fourth-order valence-electron chi connectivity index (χ4n) is 4.06. The van der Waals surface area contributed by atoms with Crippen molar-refractivity contribution < 1.29 is 14.4 Å². The number of fused-ring (bicyclic) bond motifs is 1. The molecule has 1 aromatic heterocycles. The number of rotatable bonds is 5. The molecule has 2 aromatic carbocycles. The van der Waals surface area contributed by atoms with Gasteiger partial charge in [0, 0.05) is 31.2 Å². The van der Waals surface area contributed by atoms with E-state index in [1.54, 1.807) is 46.0 Å². The quantitative estimate of drug-likeness (QED) is 0.522. The van der Waals surface area contributed by atoms with Crippen molar-refractivity contribution in [3.63, 3.8) is 0 Å². The van der Waals surface area contributed by atoms with Crippen LogP contribution in [0.3, 0.4) is 0 Å². The van der Waals surface area contributed by atoms with E-state index in [1.165, 1.54) is 0 Å². The molecular weight excluding hydrogens is 446 g/mol. The molecule has 168 valence electrons. The molecular formula is C22H20ClN7O3. The Hall–Kier alpha value is -3.63. The van der Waals surface area contributed by atoms with Gasteiger partial charge in [0.2, 0.25) is 5.91 Å². The van der Waals surface area contributed by atoms with E-state index in [0.29, 0.717) is 54.7 Å². The third-order valence-electron chi connectivity index (χ3n) is 5.87. The normalized spacial score (nSPS) is 16.4. The van der Waals surface area contributed by atoms with Gasteiger partial charge in [-0.25, -0.2) is 0 Å². The van der Waals surface area contributed by atoms with Crippen molar-refractivity contribution in [1.82, 2.24) is 34.9 Å². The molecule has 33 heavy (non-hydrogen) atoms. The maximum Gasteiger partial charge on any atom is 0.262 e. The maximum absolute atomic E-state index is 12.8. The lowest BCUT2D eigenvalue weighted by Gasteiger charge is -2.34. The van der Waals surface area contributed by atoms with Crippen LogP contribution in [0.1, 0.15) is 26.5 Å². The van der Waals surface area contributed by atoms with Gasteiger partial charge in [-0.05, 0) is 46.8 Å². The molecule has 0 atom stereocenters. The number of hydrogen-bond acceptors (Lipinski definition) is 7. The third-order valence-corrected chi connectivity index (χ3v) is 6.12. The molecule has 0 aliphatic carbocycles. The second-order valence-electron chi connectivity index (χ2n) is 7.88. The number of carbonyl (C=O) groups excluding carboxylic acids is 3. The summed E-state index contributed by atoms with van der Waals surface area (Å²) in [6.45, 7) is 2.51. The van der Waals surface area contributed by atoms with Crippen molar-refractivity contribution >= 4 is 29.3 Å². The minimum atomic E-state index is -0.420. The van der Waals surface area contributed by atoms with E-state index in [1.807, 2.05) is 12.1 Å². The van der Waals surface area contributed by atoms with Gasteiger partial charge in [-0.3, -0.25) is 24.2 Å². The van der Waals surface area contributed by atoms with Crippen LogP contribution < -0.4 is 0 Å². The second-order valence-corrected chi connectivity index (χ2v) is 8.32. The van der Waals surface area contributed by atoms with Gasteiger partial charge in [0.05, 0.1) is 23.4 Å². The molecule has 3 amide bonds. The first-order chi connectivity index (χ1) is 16.0. The van der Waals surface area contributed by atoms with Gasteiger partial charge in [-0.2, -0.15) is 4.68 Å².